The molecule has 190 valence electrons. The maximum Gasteiger partial charge on any atom is 0.288 e. The second-order valence-electron chi connectivity index (χ2n) is 9.45. The number of ether oxygens (including phenoxy) is 2. The molecule has 34 heavy (non-hydrogen) atoms. The van der Waals surface area contributed by atoms with Crippen LogP contribution in [0.1, 0.15) is 91.0 Å². The van der Waals surface area contributed by atoms with Crippen LogP contribution < -0.4 is 0 Å². The van der Waals surface area contributed by atoms with E-state index in [1.165, 1.54) is 19.3 Å². The Morgan fingerprint density at radius 2 is 1.26 bits per heavy atom. The first kappa shape index (κ1) is 28.3. The molecule has 0 aromatic heterocycles. The Balaban J connectivity index is 2.33. The molecular formula is C28H39F3O3. The van der Waals surface area contributed by atoms with Gasteiger partial charge in [-0.2, -0.15) is 0 Å². The summed E-state index contributed by atoms with van der Waals surface area (Å²) in [7, 11) is 0. The van der Waals surface area contributed by atoms with Gasteiger partial charge < -0.3 is 14.6 Å². The summed E-state index contributed by atoms with van der Waals surface area (Å²) in [6, 6.07) is 8.97. The number of rotatable bonds is 14. The lowest BCUT2D eigenvalue weighted by Crippen LogP contribution is -2.45. The molecule has 0 spiro atoms. The Hall–Kier alpha value is -1.89. The molecule has 2 rings (SSSR count). The van der Waals surface area contributed by atoms with Crippen molar-refractivity contribution in [3.63, 3.8) is 0 Å². The predicted molar refractivity (Wildman–Crippen MR) is 130 cm³/mol. The highest BCUT2D eigenvalue weighted by Gasteiger charge is 2.42. The van der Waals surface area contributed by atoms with Gasteiger partial charge in [0.1, 0.15) is 0 Å². The molecule has 0 heterocycles. The average Bonchev–Trinajstić information content (AvgIpc) is 2.75. The molecule has 0 fully saturated rings. The maximum absolute atomic E-state index is 13.7. The quantitative estimate of drug-likeness (QED) is 0.169. The largest absolute Gasteiger partial charge is 0.343 e. The van der Waals surface area contributed by atoms with E-state index in [9.17, 15) is 18.3 Å². The van der Waals surface area contributed by atoms with Crippen molar-refractivity contribution >= 4 is 0 Å². The molecule has 0 bridgehead atoms. The van der Waals surface area contributed by atoms with Crippen LogP contribution in [0.25, 0.3) is 11.1 Å². The zero-order valence-electron chi connectivity index (χ0n) is 21.0. The van der Waals surface area contributed by atoms with Crippen molar-refractivity contribution < 1.29 is 27.8 Å². The Morgan fingerprint density at radius 3 is 1.76 bits per heavy atom. The first-order valence-corrected chi connectivity index (χ1v) is 12.4. The summed E-state index contributed by atoms with van der Waals surface area (Å²) in [4.78, 5) is 0. The summed E-state index contributed by atoms with van der Waals surface area (Å²) in [5.41, 5.74) is 1.57. The van der Waals surface area contributed by atoms with E-state index in [0.29, 0.717) is 12.0 Å². The maximum atomic E-state index is 13.7. The lowest BCUT2D eigenvalue weighted by atomic mass is 9.89. The first-order valence-electron chi connectivity index (χ1n) is 12.4. The molecular weight excluding hydrogens is 441 g/mol. The lowest BCUT2D eigenvalue weighted by Gasteiger charge is -2.38. The average molecular weight is 481 g/mol. The molecule has 0 aliphatic carbocycles. The van der Waals surface area contributed by atoms with Gasteiger partial charge in [-0.25, -0.2) is 13.2 Å². The van der Waals surface area contributed by atoms with E-state index in [2.05, 4.69) is 6.92 Å². The van der Waals surface area contributed by atoms with Crippen molar-refractivity contribution in [3.05, 3.63) is 59.4 Å². The van der Waals surface area contributed by atoms with Gasteiger partial charge in [-0.05, 0) is 62.9 Å². The zero-order chi connectivity index (χ0) is 25.3. The van der Waals surface area contributed by atoms with Crippen molar-refractivity contribution in [3.8, 4) is 11.1 Å². The summed E-state index contributed by atoms with van der Waals surface area (Å²) >= 11 is 0. The second-order valence-corrected chi connectivity index (χ2v) is 9.45. The van der Waals surface area contributed by atoms with E-state index in [4.69, 9.17) is 9.47 Å². The van der Waals surface area contributed by atoms with Crippen molar-refractivity contribution in [1.82, 2.24) is 0 Å². The van der Waals surface area contributed by atoms with E-state index in [1.54, 1.807) is 24.3 Å². The van der Waals surface area contributed by atoms with Crippen LogP contribution in [-0.4, -0.2) is 23.3 Å². The molecule has 0 saturated carbocycles. The smallest absolute Gasteiger partial charge is 0.288 e. The summed E-state index contributed by atoms with van der Waals surface area (Å²) in [5.74, 6) is -6.23. The Labute approximate surface area is 202 Å². The standard InChI is InChI=1S/C28H39F3O3/c1-6-7-8-9-10-11-12-24(28(32,33-19(2)3)34-20(4)5)22-15-13-21(14-16-22)23-17-25(29)27(31)26(30)18-23/h13-20,24,32H,6-12H2,1-5H3. The Bertz CT molecular complexity index is 848. The van der Waals surface area contributed by atoms with E-state index in [1.807, 2.05) is 27.7 Å². The lowest BCUT2D eigenvalue weighted by molar-refractivity contribution is -0.393. The van der Waals surface area contributed by atoms with Crippen molar-refractivity contribution in [2.75, 3.05) is 0 Å². The van der Waals surface area contributed by atoms with Crippen LogP contribution in [0.3, 0.4) is 0 Å². The molecule has 2 aromatic carbocycles. The fourth-order valence-electron chi connectivity index (χ4n) is 4.19. The molecule has 6 heteroatoms. The number of benzene rings is 2. The van der Waals surface area contributed by atoms with Gasteiger partial charge in [0.15, 0.2) is 17.5 Å². The minimum Gasteiger partial charge on any atom is -0.343 e. The molecule has 0 saturated heterocycles. The Morgan fingerprint density at radius 1 is 0.765 bits per heavy atom. The van der Waals surface area contributed by atoms with E-state index >= 15 is 0 Å². The fourth-order valence-corrected chi connectivity index (χ4v) is 4.19. The van der Waals surface area contributed by atoms with Crippen LogP contribution in [-0.2, 0) is 9.47 Å². The second kappa shape index (κ2) is 13.3. The molecule has 1 unspecified atom stereocenters. The molecule has 0 aliphatic heterocycles. The van der Waals surface area contributed by atoms with Crippen LogP contribution in [0.4, 0.5) is 13.2 Å². The van der Waals surface area contributed by atoms with E-state index in [-0.39, 0.29) is 17.8 Å². The van der Waals surface area contributed by atoms with Crippen LogP contribution in [0.2, 0.25) is 0 Å². The summed E-state index contributed by atoms with van der Waals surface area (Å²) in [6.45, 7) is 9.56. The van der Waals surface area contributed by atoms with Crippen molar-refractivity contribution in [2.24, 2.45) is 0 Å². The molecule has 3 nitrogen and oxygen atoms in total. The van der Waals surface area contributed by atoms with Crippen LogP contribution in [0, 0.1) is 17.5 Å². The fraction of sp³-hybridized carbons (Fsp3) is 0.571. The number of hydrogen-bond donors (Lipinski definition) is 1. The SMILES string of the molecule is CCCCCCCCC(c1ccc(-c2cc(F)c(F)c(F)c2)cc1)C(O)(OC(C)C)OC(C)C. The number of unbranched alkanes of at least 4 members (excludes halogenated alkanes) is 5. The van der Waals surface area contributed by atoms with Crippen LogP contribution in [0.5, 0.6) is 0 Å². The highest BCUT2D eigenvalue weighted by Crippen LogP contribution is 2.38. The Kier molecular flexibility index (Phi) is 11.1. The predicted octanol–water partition coefficient (Wildman–Crippen LogP) is 8.10. The van der Waals surface area contributed by atoms with E-state index in [0.717, 1.165) is 37.0 Å². The molecule has 1 N–H and O–H groups in total. The van der Waals surface area contributed by atoms with Gasteiger partial charge in [0, 0.05) is 0 Å². The van der Waals surface area contributed by atoms with Gasteiger partial charge in [0.05, 0.1) is 18.1 Å². The highest BCUT2D eigenvalue weighted by molar-refractivity contribution is 5.64. The summed E-state index contributed by atoms with van der Waals surface area (Å²) < 4.78 is 52.6. The van der Waals surface area contributed by atoms with E-state index < -0.39 is 29.3 Å². The minimum absolute atomic E-state index is 0.238. The number of aliphatic hydroxyl groups is 1. The van der Waals surface area contributed by atoms with Crippen LogP contribution in [0.15, 0.2) is 36.4 Å². The normalized spacial score (nSPS) is 13.1. The topological polar surface area (TPSA) is 38.7 Å². The molecule has 0 aliphatic rings. The summed E-state index contributed by atoms with van der Waals surface area (Å²) in [6.07, 6.45) is 6.79. The van der Waals surface area contributed by atoms with Crippen LogP contribution >= 0.6 is 0 Å². The van der Waals surface area contributed by atoms with Gasteiger partial charge in [-0.1, -0.05) is 69.7 Å². The summed E-state index contributed by atoms with van der Waals surface area (Å²) in [5, 5.41) is 11.5. The van der Waals surface area contributed by atoms with Gasteiger partial charge in [0.25, 0.3) is 5.97 Å². The van der Waals surface area contributed by atoms with Gasteiger partial charge in [0.2, 0.25) is 0 Å². The third-order valence-electron chi connectivity index (χ3n) is 5.73. The van der Waals surface area contributed by atoms with Gasteiger partial charge in [-0.15, -0.1) is 0 Å². The molecule has 0 amide bonds. The third-order valence-corrected chi connectivity index (χ3v) is 5.73. The van der Waals surface area contributed by atoms with Gasteiger partial charge in [-0.3, -0.25) is 0 Å². The highest BCUT2D eigenvalue weighted by atomic mass is 19.2. The first-order chi connectivity index (χ1) is 16.1. The monoisotopic (exact) mass is 480 g/mol. The molecule has 1 atom stereocenters. The number of hydrogen-bond acceptors (Lipinski definition) is 3. The molecule has 0 radical (unpaired) electrons. The third kappa shape index (κ3) is 8.10. The van der Waals surface area contributed by atoms with Crippen molar-refractivity contribution in [2.45, 2.75) is 104 Å². The zero-order valence-corrected chi connectivity index (χ0v) is 21.0. The van der Waals surface area contributed by atoms with Crippen molar-refractivity contribution in [1.29, 1.82) is 0 Å². The van der Waals surface area contributed by atoms with Gasteiger partial charge >= 0.3 is 0 Å². The molecule has 2 aromatic rings. The minimum atomic E-state index is -1.82. The number of halogens is 3.